The van der Waals surface area contributed by atoms with E-state index in [2.05, 4.69) is 227 Å². The molecule has 16 heterocycles. The number of rotatable bonds is 2. The van der Waals surface area contributed by atoms with Gasteiger partial charge in [-0.05, 0) is 156 Å². The summed E-state index contributed by atoms with van der Waals surface area (Å²) in [5.74, 6) is 8.32. The number of aromatic nitrogens is 20. The van der Waals surface area contributed by atoms with Crippen LogP contribution in [0.3, 0.4) is 0 Å². The quantitative estimate of drug-likeness (QED) is 0.161. The van der Waals surface area contributed by atoms with Gasteiger partial charge in [-0.25, -0.2) is 57.5 Å². The van der Waals surface area contributed by atoms with E-state index in [1.54, 1.807) is 7.11 Å². The van der Waals surface area contributed by atoms with Crippen LogP contribution in [0.1, 0.15) is 57.2 Å². The van der Waals surface area contributed by atoms with E-state index in [0.717, 1.165) is 173 Å². The van der Waals surface area contributed by atoms with E-state index in [-0.39, 0.29) is 5.41 Å². The van der Waals surface area contributed by atoms with Crippen LogP contribution < -0.4 is 4.74 Å². The standard InChI is InChI=1S/C24H19N5.C23H17N5.C21H10N6.C21H13N5O/c1-24(2,3)14-12-19-21-20(13-14)28-18-11-7-5-9-16(18)26-23(28)29(21)22-25-15-8-4-6-10-17(15)27(19)22;1-13(2)14-11-19-21-20(12-14)27-18-10-6-4-8-16(18)25-23(27)28(21)22-24-15-7-3-5-9-17(15)26(19)22;22-11-12-9-17-19-18(10-12)26-16-8-4-2-6-14(16)24-21(26)27(19)20-23-13-5-1-3-7-15(13)25(17)20;1-27-12-10-17-19-18(11-12)25-16-9-5-3-7-14(16)23-21(25)26(19)20-22-13-6-2-4-8-15(13)24(17)20/h4-13H,1-3H3;3-13H,1-2H3;1-10H;2-11H,1H3. The second kappa shape index (κ2) is 20.9. The van der Waals surface area contributed by atoms with E-state index in [9.17, 15) is 5.26 Å². The van der Waals surface area contributed by atoms with Crippen molar-refractivity contribution in [3.63, 3.8) is 0 Å². The highest BCUT2D eigenvalue weighted by Gasteiger charge is 2.31. The molecule has 0 aliphatic heterocycles. The molecule has 0 unspecified atom stereocenters. The molecule has 0 bridgehead atoms. The molecule has 0 fully saturated rings. The smallest absolute Gasteiger partial charge is 0.223 e. The van der Waals surface area contributed by atoms with Crippen molar-refractivity contribution < 1.29 is 4.74 Å². The summed E-state index contributed by atoms with van der Waals surface area (Å²) < 4.78 is 32.1. The first-order valence-corrected chi connectivity index (χ1v) is 37.1. The molecule has 0 spiro atoms. The van der Waals surface area contributed by atoms with Crippen LogP contribution in [0.25, 0.3) is 201 Å². The number of nitriles is 1. The molecule has 0 N–H and O–H groups in total. The summed E-state index contributed by atoms with van der Waals surface area (Å²) in [4.78, 5) is 39.5. The lowest BCUT2D eigenvalue weighted by Crippen LogP contribution is -2.11. The summed E-state index contributed by atoms with van der Waals surface area (Å²) in [5.41, 5.74) is 33.2. The molecule has 22 nitrogen and oxygen atoms in total. The maximum absolute atomic E-state index is 9.61. The van der Waals surface area contributed by atoms with Crippen LogP contribution in [0.15, 0.2) is 243 Å². The Morgan fingerprint density at radius 1 is 0.279 bits per heavy atom. The van der Waals surface area contributed by atoms with Crippen molar-refractivity contribution in [3.05, 3.63) is 259 Å². The van der Waals surface area contributed by atoms with Crippen molar-refractivity contribution in [1.29, 1.82) is 5.26 Å². The third-order valence-corrected chi connectivity index (χ3v) is 22.9. The topological polar surface area (TPSA) is 189 Å². The van der Waals surface area contributed by atoms with Gasteiger partial charge in [0.25, 0.3) is 0 Å². The average Bonchev–Trinajstić information content (AvgIpc) is 1.54. The van der Waals surface area contributed by atoms with Gasteiger partial charge in [0.05, 0.1) is 151 Å². The molecule has 0 aliphatic rings. The minimum Gasteiger partial charge on any atom is -0.497 e. The van der Waals surface area contributed by atoms with Crippen LogP contribution in [0, 0.1) is 11.3 Å². The molecule has 0 saturated heterocycles. The van der Waals surface area contributed by atoms with Gasteiger partial charge < -0.3 is 4.74 Å². The van der Waals surface area contributed by atoms with Gasteiger partial charge >= 0.3 is 0 Å². The van der Waals surface area contributed by atoms with Crippen LogP contribution in [0.4, 0.5) is 0 Å². The number of ether oxygens (including phenoxy) is 1. The Morgan fingerprint density at radius 3 is 0.694 bits per heavy atom. The normalized spacial score (nSPS) is 12.8. The summed E-state index contributed by atoms with van der Waals surface area (Å²) in [6.45, 7) is 11.3. The van der Waals surface area contributed by atoms with Crippen LogP contribution in [0.2, 0.25) is 0 Å². The van der Waals surface area contributed by atoms with Crippen molar-refractivity contribution in [1.82, 2.24) is 92.7 Å². The number of methoxy groups -OCH3 is 1. The summed E-state index contributed by atoms with van der Waals surface area (Å²) in [6.07, 6.45) is 0. The summed E-state index contributed by atoms with van der Waals surface area (Å²) in [6, 6.07) is 85.5. The van der Waals surface area contributed by atoms with Gasteiger partial charge in [-0.3, -0.25) is 35.2 Å². The first kappa shape index (κ1) is 60.1. The molecule has 0 radical (unpaired) electrons. The highest BCUT2D eigenvalue weighted by molar-refractivity contribution is 6.09. The van der Waals surface area contributed by atoms with Crippen LogP contribution in [0.5, 0.6) is 5.75 Å². The van der Waals surface area contributed by atoms with Gasteiger partial charge in [0.1, 0.15) is 27.8 Å². The van der Waals surface area contributed by atoms with E-state index >= 15 is 0 Å². The number of hydrogen-bond donors (Lipinski definition) is 0. The van der Waals surface area contributed by atoms with E-state index in [0.29, 0.717) is 11.5 Å². The SMILES string of the molecule is CC(C)(C)c1cc2c3c(c1)n1c4ccccc4nc1n3c1nc3ccccc3n21.CC(C)c1cc2c3c(c1)n1c4ccccc4nc1n3c1nc3ccccc3n21.COc1cc2c3c(c1)n1c4ccccc4nc1n3c1nc3ccccc3n21.N#Cc1cc2c3c(c1)n1c4ccccc4nc1n3c1nc3ccccc3n21. The maximum Gasteiger partial charge on any atom is 0.223 e. The fourth-order valence-corrected chi connectivity index (χ4v) is 18.0. The van der Waals surface area contributed by atoms with Crippen LogP contribution in [-0.2, 0) is 5.41 Å². The number of hydrogen-bond acceptors (Lipinski definition) is 10. The van der Waals surface area contributed by atoms with Gasteiger partial charge in [-0.15, -0.1) is 0 Å². The molecule has 526 valence electrons. The number of benzene rings is 12. The predicted molar refractivity (Wildman–Crippen MR) is 438 cm³/mol. The Hall–Kier alpha value is -15.1. The Balaban J connectivity index is 0.0000000842. The molecule has 0 aliphatic carbocycles. The molecule has 22 heteroatoms. The van der Waals surface area contributed by atoms with Gasteiger partial charge in [0.15, 0.2) is 0 Å². The zero-order chi connectivity index (χ0) is 73.5. The fraction of sp³-hybridized carbons (Fsp3) is 0.0899. The third-order valence-electron chi connectivity index (χ3n) is 22.9. The van der Waals surface area contributed by atoms with Gasteiger partial charge in [-0.2, -0.15) is 5.26 Å². The molecule has 16 aromatic heterocycles. The lowest BCUT2D eigenvalue weighted by Gasteiger charge is -2.19. The Labute approximate surface area is 624 Å². The van der Waals surface area contributed by atoms with E-state index < -0.39 is 0 Å². The lowest BCUT2D eigenvalue weighted by molar-refractivity contribution is 0.415. The zero-order valence-corrected chi connectivity index (χ0v) is 60.5. The maximum atomic E-state index is 9.61. The minimum atomic E-state index is 0.0363. The summed E-state index contributed by atoms with van der Waals surface area (Å²) in [7, 11) is 1.70. The van der Waals surface area contributed by atoms with Crippen molar-refractivity contribution in [2.75, 3.05) is 7.11 Å². The lowest BCUT2D eigenvalue weighted by atomic mass is 9.86. The molecule has 0 saturated carbocycles. The molecule has 28 rings (SSSR count). The molecule has 12 aromatic carbocycles. The third kappa shape index (κ3) is 7.66. The summed E-state index contributed by atoms with van der Waals surface area (Å²) >= 11 is 0. The number of para-hydroxylation sites is 16. The van der Waals surface area contributed by atoms with E-state index in [4.69, 9.17) is 44.6 Å². The minimum absolute atomic E-state index is 0.0363. The highest BCUT2D eigenvalue weighted by Crippen LogP contribution is 2.43. The van der Waals surface area contributed by atoms with Gasteiger partial charge in [-0.1, -0.05) is 132 Å². The number of nitrogens with zero attached hydrogens (tertiary/aromatic N) is 21. The second-order valence-electron chi connectivity index (χ2n) is 30.4. The molecule has 111 heavy (non-hydrogen) atoms. The van der Waals surface area contributed by atoms with Crippen LogP contribution >= 0.6 is 0 Å². The predicted octanol–water partition coefficient (Wildman–Crippen LogP) is 18.8. The Morgan fingerprint density at radius 2 is 0.486 bits per heavy atom. The molecule has 28 aromatic rings. The van der Waals surface area contributed by atoms with Crippen molar-refractivity contribution in [3.8, 4) is 11.8 Å². The second-order valence-corrected chi connectivity index (χ2v) is 30.4. The first-order chi connectivity index (χ1) is 54.4. The molecule has 0 amide bonds. The van der Waals surface area contributed by atoms with Crippen molar-refractivity contribution >= 4 is 201 Å². The molecular weight excluding hydrogens is 1380 g/mol. The molecular formula is C89H59N21O. The molecule has 0 atom stereocenters. The number of fused-ring (bicyclic) bond motifs is 40. The Kier molecular flexibility index (Phi) is 11.3. The van der Waals surface area contributed by atoms with Crippen molar-refractivity contribution in [2.45, 2.75) is 46.0 Å². The van der Waals surface area contributed by atoms with Gasteiger partial charge in [0, 0.05) is 12.1 Å². The summed E-state index contributed by atoms with van der Waals surface area (Å²) in [5, 5.41) is 9.61. The monoisotopic (exact) mass is 1440 g/mol. The number of imidazole rings is 16. The van der Waals surface area contributed by atoms with E-state index in [1.807, 2.05) is 109 Å². The van der Waals surface area contributed by atoms with Crippen molar-refractivity contribution in [2.24, 2.45) is 0 Å². The van der Waals surface area contributed by atoms with Crippen LogP contribution in [-0.4, -0.2) is 99.8 Å². The van der Waals surface area contributed by atoms with Gasteiger partial charge in [0.2, 0.25) is 46.2 Å². The largest absolute Gasteiger partial charge is 0.497 e. The highest BCUT2D eigenvalue weighted by atomic mass is 16.5. The van der Waals surface area contributed by atoms with E-state index in [1.165, 1.54) is 44.2 Å². The Bertz CT molecular complexity index is 8430. The average molecular weight is 1440 g/mol. The first-order valence-electron chi connectivity index (χ1n) is 37.1. The zero-order valence-electron chi connectivity index (χ0n) is 60.5. The fourth-order valence-electron chi connectivity index (χ4n) is 18.0.